The van der Waals surface area contributed by atoms with Crippen molar-refractivity contribution in [3.8, 4) is 0 Å². The zero-order chi connectivity index (χ0) is 7.84. The summed E-state index contributed by atoms with van der Waals surface area (Å²) in [5, 5.41) is 0. The fourth-order valence-corrected chi connectivity index (χ4v) is 1.73. The lowest BCUT2D eigenvalue weighted by Gasteiger charge is -2.14. The lowest BCUT2D eigenvalue weighted by atomic mass is 10.1. The highest BCUT2D eigenvalue weighted by Gasteiger charge is 2.39. The van der Waals surface area contributed by atoms with Gasteiger partial charge in [0.15, 0.2) is 0 Å². The molecular weight excluding hydrogens is 140 g/mol. The summed E-state index contributed by atoms with van der Waals surface area (Å²) in [4.78, 5) is 13.5. The van der Waals surface area contributed by atoms with Crippen LogP contribution in [0.1, 0.15) is 19.3 Å². The topological polar surface area (TPSA) is 46.3 Å². The Morgan fingerprint density at radius 1 is 1.45 bits per heavy atom. The van der Waals surface area contributed by atoms with Gasteiger partial charge in [0.2, 0.25) is 5.91 Å². The molecule has 2 aliphatic rings. The molecule has 62 valence electrons. The molecule has 0 unspecified atom stereocenters. The van der Waals surface area contributed by atoms with Crippen molar-refractivity contribution >= 4 is 5.91 Å². The van der Waals surface area contributed by atoms with E-state index in [1.807, 2.05) is 4.90 Å². The number of carbonyl (C=O) groups is 1. The zero-order valence-corrected chi connectivity index (χ0v) is 6.62. The predicted octanol–water partition coefficient (Wildman–Crippen LogP) is -0.0440. The minimum Gasteiger partial charge on any atom is -0.339 e. The van der Waals surface area contributed by atoms with Crippen molar-refractivity contribution in [1.82, 2.24) is 4.90 Å². The molecule has 1 saturated heterocycles. The molecule has 2 rings (SSSR count). The van der Waals surface area contributed by atoms with Crippen LogP contribution in [0.5, 0.6) is 0 Å². The number of nitrogens with zero attached hydrogens (tertiary/aromatic N) is 1. The summed E-state index contributed by atoms with van der Waals surface area (Å²) < 4.78 is 0. The molecule has 0 spiro atoms. The Morgan fingerprint density at radius 2 is 2.18 bits per heavy atom. The van der Waals surface area contributed by atoms with Gasteiger partial charge in [-0.15, -0.1) is 0 Å². The van der Waals surface area contributed by atoms with Crippen molar-refractivity contribution in [1.29, 1.82) is 0 Å². The van der Waals surface area contributed by atoms with Gasteiger partial charge < -0.3 is 10.6 Å². The molecule has 2 fully saturated rings. The Bertz CT molecular complexity index is 177. The van der Waals surface area contributed by atoms with Crippen molar-refractivity contribution in [3.05, 3.63) is 0 Å². The zero-order valence-electron chi connectivity index (χ0n) is 6.62. The van der Waals surface area contributed by atoms with Gasteiger partial charge >= 0.3 is 0 Å². The number of likely N-dealkylation sites (tertiary alicyclic amines) is 1. The van der Waals surface area contributed by atoms with E-state index >= 15 is 0 Å². The minimum atomic E-state index is 0.135. The first-order chi connectivity index (χ1) is 5.33. The van der Waals surface area contributed by atoms with Gasteiger partial charge in [-0.2, -0.15) is 0 Å². The van der Waals surface area contributed by atoms with Crippen molar-refractivity contribution < 1.29 is 4.79 Å². The van der Waals surface area contributed by atoms with E-state index < -0.39 is 0 Å². The van der Waals surface area contributed by atoms with Crippen LogP contribution in [0.3, 0.4) is 0 Å². The van der Waals surface area contributed by atoms with Crippen LogP contribution in [0.4, 0.5) is 0 Å². The van der Waals surface area contributed by atoms with Gasteiger partial charge in [-0.05, 0) is 19.3 Å². The van der Waals surface area contributed by atoms with E-state index in [9.17, 15) is 4.79 Å². The van der Waals surface area contributed by atoms with E-state index in [1.165, 1.54) is 12.8 Å². The molecule has 3 heteroatoms. The second-order valence-electron chi connectivity index (χ2n) is 3.48. The van der Waals surface area contributed by atoms with Crippen LogP contribution in [0, 0.1) is 5.92 Å². The third-order valence-corrected chi connectivity index (χ3v) is 2.62. The normalized spacial score (nSPS) is 31.5. The van der Waals surface area contributed by atoms with Crippen molar-refractivity contribution in [2.45, 2.75) is 25.3 Å². The van der Waals surface area contributed by atoms with Crippen molar-refractivity contribution in [3.63, 3.8) is 0 Å². The smallest absolute Gasteiger partial charge is 0.227 e. The number of hydrogen-bond acceptors (Lipinski definition) is 2. The Morgan fingerprint density at radius 3 is 2.64 bits per heavy atom. The lowest BCUT2D eigenvalue weighted by molar-refractivity contribution is -0.131. The largest absolute Gasteiger partial charge is 0.339 e. The molecule has 0 aromatic heterocycles. The summed E-state index contributed by atoms with van der Waals surface area (Å²) in [5.41, 5.74) is 5.46. The Hall–Kier alpha value is -0.570. The molecule has 1 saturated carbocycles. The number of carbonyl (C=O) groups excluding carboxylic acids is 1. The second kappa shape index (κ2) is 2.48. The highest BCUT2D eigenvalue weighted by molar-refractivity contribution is 5.81. The molecule has 1 aliphatic heterocycles. The monoisotopic (exact) mass is 154 g/mol. The molecule has 1 aliphatic carbocycles. The maximum atomic E-state index is 11.5. The van der Waals surface area contributed by atoms with Crippen LogP contribution in [-0.2, 0) is 4.79 Å². The molecule has 0 aromatic carbocycles. The summed E-state index contributed by atoms with van der Waals surface area (Å²) in [5.74, 6) is 0.436. The number of rotatable bonds is 2. The van der Waals surface area contributed by atoms with Gasteiger partial charge in [0, 0.05) is 19.1 Å². The fourth-order valence-electron chi connectivity index (χ4n) is 1.73. The van der Waals surface area contributed by atoms with Crippen LogP contribution in [0.2, 0.25) is 0 Å². The van der Waals surface area contributed by atoms with Crippen LogP contribution < -0.4 is 5.73 Å². The standard InChI is InChI=1S/C8H14N2O/c9-5-6-3-4-10(8(6)11)7-1-2-7/h6-7H,1-5,9H2/t6-/m0/s1. The van der Waals surface area contributed by atoms with Crippen LogP contribution in [-0.4, -0.2) is 29.9 Å². The van der Waals surface area contributed by atoms with Crippen molar-refractivity contribution in [2.24, 2.45) is 11.7 Å². The highest BCUT2D eigenvalue weighted by Crippen LogP contribution is 2.32. The van der Waals surface area contributed by atoms with Gasteiger partial charge in [-0.25, -0.2) is 0 Å². The van der Waals surface area contributed by atoms with E-state index in [-0.39, 0.29) is 5.92 Å². The molecule has 1 atom stereocenters. The maximum absolute atomic E-state index is 11.5. The summed E-state index contributed by atoms with van der Waals surface area (Å²) >= 11 is 0. The van der Waals surface area contributed by atoms with E-state index in [0.29, 0.717) is 18.5 Å². The van der Waals surface area contributed by atoms with E-state index in [4.69, 9.17) is 5.73 Å². The molecule has 0 aromatic rings. The first kappa shape index (κ1) is 7.10. The lowest BCUT2D eigenvalue weighted by Crippen LogP contribution is -2.31. The first-order valence-electron chi connectivity index (χ1n) is 4.33. The van der Waals surface area contributed by atoms with Crippen LogP contribution in [0.25, 0.3) is 0 Å². The maximum Gasteiger partial charge on any atom is 0.227 e. The predicted molar refractivity (Wildman–Crippen MR) is 41.9 cm³/mol. The van der Waals surface area contributed by atoms with Crippen LogP contribution in [0.15, 0.2) is 0 Å². The first-order valence-corrected chi connectivity index (χ1v) is 4.33. The Balaban J connectivity index is 1.99. The summed E-state index contributed by atoms with van der Waals surface area (Å²) in [6, 6.07) is 0.582. The Labute approximate surface area is 66.5 Å². The quantitative estimate of drug-likeness (QED) is 0.606. The molecule has 1 heterocycles. The molecule has 3 nitrogen and oxygen atoms in total. The van der Waals surface area contributed by atoms with Gasteiger partial charge in [-0.1, -0.05) is 0 Å². The van der Waals surface area contributed by atoms with Gasteiger partial charge in [0.25, 0.3) is 0 Å². The van der Waals surface area contributed by atoms with E-state index in [2.05, 4.69) is 0 Å². The van der Waals surface area contributed by atoms with Gasteiger partial charge in [0.1, 0.15) is 0 Å². The number of nitrogens with two attached hydrogens (primary N) is 1. The minimum absolute atomic E-state index is 0.135. The van der Waals surface area contributed by atoms with Crippen LogP contribution >= 0.6 is 0 Å². The fraction of sp³-hybridized carbons (Fsp3) is 0.875. The SMILES string of the molecule is NC[C@@H]1CCN(C2CC2)C1=O. The molecule has 1 amide bonds. The molecule has 0 radical (unpaired) electrons. The second-order valence-corrected chi connectivity index (χ2v) is 3.48. The Kier molecular flexibility index (Phi) is 1.60. The van der Waals surface area contributed by atoms with E-state index in [1.54, 1.807) is 0 Å². The molecular formula is C8H14N2O. The van der Waals surface area contributed by atoms with E-state index in [0.717, 1.165) is 13.0 Å². The summed E-state index contributed by atoms with van der Waals surface area (Å²) in [6.45, 7) is 1.48. The molecule has 0 bridgehead atoms. The average molecular weight is 154 g/mol. The molecule has 11 heavy (non-hydrogen) atoms. The third kappa shape index (κ3) is 1.13. The van der Waals surface area contributed by atoms with Gasteiger partial charge in [-0.3, -0.25) is 4.79 Å². The third-order valence-electron chi connectivity index (χ3n) is 2.62. The summed E-state index contributed by atoms with van der Waals surface area (Å²) in [6.07, 6.45) is 3.40. The van der Waals surface area contributed by atoms with Gasteiger partial charge in [0.05, 0.1) is 5.92 Å². The van der Waals surface area contributed by atoms with Crippen molar-refractivity contribution in [2.75, 3.05) is 13.1 Å². The summed E-state index contributed by atoms with van der Waals surface area (Å²) in [7, 11) is 0. The number of amides is 1. The average Bonchev–Trinajstić information content (AvgIpc) is 2.77. The molecule has 2 N–H and O–H groups in total. The number of hydrogen-bond donors (Lipinski definition) is 1. The highest BCUT2D eigenvalue weighted by atomic mass is 16.2.